The number of methoxy groups -OCH3 is 1. The van der Waals surface area contributed by atoms with E-state index in [9.17, 15) is 9.59 Å². The second-order valence-corrected chi connectivity index (χ2v) is 11.2. The van der Waals surface area contributed by atoms with E-state index >= 15 is 0 Å². The van der Waals surface area contributed by atoms with E-state index in [1.807, 2.05) is 19.1 Å². The molecule has 44 heavy (non-hydrogen) atoms. The van der Waals surface area contributed by atoms with Gasteiger partial charge in [0.1, 0.15) is 23.7 Å². The van der Waals surface area contributed by atoms with Crippen LogP contribution in [-0.4, -0.2) is 49.1 Å². The zero-order valence-corrected chi connectivity index (χ0v) is 25.0. The lowest BCUT2D eigenvalue weighted by Crippen LogP contribution is -2.23. The Morgan fingerprint density at radius 2 is 1.93 bits per heavy atom. The van der Waals surface area contributed by atoms with Crippen LogP contribution in [0, 0.1) is 31.6 Å². The summed E-state index contributed by atoms with van der Waals surface area (Å²) in [6, 6.07) is 5.76. The molecule has 6 rings (SSSR count). The Hall–Kier alpha value is -4.59. The number of esters is 1. The van der Waals surface area contributed by atoms with Gasteiger partial charge < -0.3 is 27.8 Å². The molecule has 4 heterocycles. The van der Waals surface area contributed by atoms with Crippen molar-refractivity contribution in [1.29, 1.82) is 0 Å². The second-order valence-electron chi connectivity index (χ2n) is 11.2. The Balaban J connectivity index is 1.07. The van der Waals surface area contributed by atoms with E-state index in [0.29, 0.717) is 41.1 Å². The van der Waals surface area contributed by atoms with Crippen LogP contribution in [0.1, 0.15) is 54.3 Å². The van der Waals surface area contributed by atoms with Gasteiger partial charge in [0.25, 0.3) is 0 Å². The minimum Gasteiger partial charge on any atom is -0.489 e. The molecule has 232 valence electrons. The molecule has 2 fully saturated rings. The number of rotatable bonds is 11. The smallest absolute Gasteiger partial charge is 0.489 e. The first-order valence-electron chi connectivity index (χ1n) is 14.5. The number of hydrogen-bond acceptors (Lipinski definition) is 13. The molecule has 0 aliphatic heterocycles. The van der Waals surface area contributed by atoms with Crippen LogP contribution in [0.5, 0.6) is 11.8 Å². The van der Waals surface area contributed by atoms with Crippen molar-refractivity contribution in [2.75, 3.05) is 7.11 Å². The summed E-state index contributed by atoms with van der Waals surface area (Å²) in [5.74, 6) is 0.524. The number of hydrogen-bond donors (Lipinski definition) is 0. The van der Waals surface area contributed by atoms with Crippen molar-refractivity contribution in [3.05, 3.63) is 63.6 Å². The third kappa shape index (κ3) is 6.20. The van der Waals surface area contributed by atoms with Crippen molar-refractivity contribution < 1.29 is 32.6 Å². The molecule has 0 bridgehead atoms. The molecule has 2 aliphatic carbocycles. The Kier molecular flexibility index (Phi) is 8.42. The zero-order chi connectivity index (χ0) is 30.8. The van der Waals surface area contributed by atoms with Gasteiger partial charge in [-0.25, -0.2) is 19.4 Å². The molecule has 14 heteroatoms. The molecular weight excluding hydrogens is 572 g/mol. The van der Waals surface area contributed by atoms with Crippen LogP contribution in [0.15, 0.2) is 38.0 Å². The van der Waals surface area contributed by atoms with Crippen molar-refractivity contribution in [3.8, 4) is 23.1 Å². The van der Waals surface area contributed by atoms with Gasteiger partial charge in [-0.2, -0.15) is 4.98 Å². The summed E-state index contributed by atoms with van der Waals surface area (Å²) in [5.41, 5.74) is 3.40. The Morgan fingerprint density at radius 1 is 1.07 bits per heavy atom. The number of fused-ring (bicyclic) bond motifs is 1. The summed E-state index contributed by atoms with van der Waals surface area (Å²) < 4.78 is 34.3. The predicted octanol–water partition coefficient (Wildman–Crippen LogP) is 3.48. The first-order valence-corrected chi connectivity index (χ1v) is 14.5. The molecule has 4 atom stereocenters. The maximum absolute atomic E-state index is 12.9. The molecule has 0 aromatic carbocycles. The summed E-state index contributed by atoms with van der Waals surface area (Å²) in [6.07, 6.45) is 4.93. The van der Waals surface area contributed by atoms with Crippen LogP contribution in [0.25, 0.3) is 11.4 Å². The van der Waals surface area contributed by atoms with Gasteiger partial charge in [0, 0.05) is 20.4 Å². The van der Waals surface area contributed by atoms with Gasteiger partial charge in [-0.1, -0.05) is 5.21 Å². The monoisotopic (exact) mass is 606 g/mol. The maximum atomic E-state index is 12.9. The van der Waals surface area contributed by atoms with Crippen LogP contribution >= 0.6 is 0 Å². The molecule has 0 saturated heterocycles. The van der Waals surface area contributed by atoms with Gasteiger partial charge in [0.05, 0.1) is 35.7 Å². The number of carbonyl (C=O) groups excluding carboxylic acids is 1. The van der Waals surface area contributed by atoms with E-state index in [0.717, 1.165) is 37.1 Å². The highest BCUT2D eigenvalue weighted by Crippen LogP contribution is 2.49. The van der Waals surface area contributed by atoms with Crippen molar-refractivity contribution in [2.45, 2.75) is 65.5 Å². The van der Waals surface area contributed by atoms with Crippen LogP contribution in [0.4, 0.5) is 0 Å². The van der Waals surface area contributed by atoms with E-state index < -0.39 is 5.82 Å². The molecule has 0 unspecified atom stereocenters. The Morgan fingerprint density at radius 3 is 2.70 bits per heavy atom. The van der Waals surface area contributed by atoms with Crippen molar-refractivity contribution in [1.82, 2.24) is 29.9 Å². The fraction of sp³-hybridized carbons (Fsp3) is 0.500. The summed E-state index contributed by atoms with van der Waals surface area (Å²) in [7, 11) is 3.39. The number of ether oxygens (including phenoxy) is 4. The fourth-order valence-corrected chi connectivity index (χ4v) is 6.20. The van der Waals surface area contributed by atoms with Gasteiger partial charge >= 0.3 is 17.8 Å². The number of pyridine rings is 1. The summed E-state index contributed by atoms with van der Waals surface area (Å²) in [5, 5.41) is 8.49. The molecule has 0 amide bonds. The molecule has 0 spiro atoms. The number of carbonyl (C=O) groups is 1. The minimum absolute atomic E-state index is 0.0320. The molecule has 4 aromatic heterocycles. The molecule has 0 radical (unpaired) electrons. The zero-order valence-electron chi connectivity index (χ0n) is 25.0. The van der Waals surface area contributed by atoms with E-state index in [4.69, 9.17) is 32.8 Å². The van der Waals surface area contributed by atoms with E-state index in [2.05, 4.69) is 20.3 Å². The normalized spacial score (nSPS) is 20.9. The van der Waals surface area contributed by atoms with Gasteiger partial charge in [0.15, 0.2) is 18.1 Å². The van der Waals surface area contributed by atoms with Gasteiger partial charge in [0.2, 0.25) is 0 Å². The minimum atomic E-state index is -0.801. The van der Waals surface area contributed by atoms with Gasteiger partial charge in [-0.05, 0) is 69.6 Å². The van der Waals surface area contributed by atoms with Crippen LogP contribution < -0.4 is 15.3 Å². The highest BCUT2D eigenvalue weighted by atomic mass is 16.6. The molecule has 14 nitrogen and oxygen atoms in total. The number of aryl methyl sites for hydroxylation is 3. The predicted molar refractivity (Wildman–Crippen MR) is 151 cm³/mol. The molecular formula is C30H34N6O8. The van der Waals surface area contributed by atoms with E-state index in [1.54, 1.807) is 38.0 Å². The van der Waals surface area contributed by atoms with Gasteiger partial charge in [-0.3, -0.25) is 4.79 Å². The molecule has 4 aromatic rings. The van der Waals surface area contributed by atoms with Gasteiger partial charge in [-0.15, -0.1) is 5.10 Å². The average molecular weight is 607 g/mol. The van der Waals surface area contributed by atoms with Crippen molar-refractivity contribution in [3.63, 3.8) is 0 Å². The number of aromatic nitrogens is 6. The highest BCUT2D eigenvalue weighted by molar-refractivity contribution is 5.73. The van der Waals surface area contributed by atoms with E-state index in [1.165, 1.54) is 0 Å². The largest absolute Gasteiger partial charge is 0.519 e. The van der Waals surface area contributed by atoms with Crippen LogP contribution in [-0.2, 0) is 41.1 Å². The maximum Gasteiger partial charge on any atom is 0.519 e. The van der Waals surface area contributed by atoms with Crippen LogP contribution in [0.2, 0.25) is 0 Å². The van der Waals surface area contributed by atoms with Crippen LogP contribution in [0.3, 0.4) is 0 Å². The Labute approximate surface area is 252 Å². The topological polar surface area (TPSA) is 167 Å². The number of nitrogens with zero attached hydrogens (tertiary/aromatic N) is 6. The third-order valence-electron chi connectivity index (χ3n) is 8.39. The second kappa shape index (κ2) is 12.6. The molecule has 2 saturated carbocycles. The van der Waals surface area contributed by atoms with Crippen molar-refractivity contribution >= 4 is 5.97 Å². The lowest BCUT2D eigenvalue weighted by atomic mass is 9.92. The quantitative estimate of drug-likeness (QED) is 0.228. The third-order valence-corrected chi connectivity index (χ3v) is 8.39. The summed E-state index contributed by atoms with van der Waals surface area (Å²) in [4.78, 5) is 37.5. The van der Waals surface area contributed by atoms with Crippen molar-refractivity contribution in [2.24, 2.45) is 24.8 Å². The standard InChI is InChI=1S/C30H34N6O8/c1-16-25(43-20-11-18-5-6-21(22(18)12-20)28(37)40-15-26-17(2)42-30(38)44-26)8-7-23(32-16)27-24(36(3)35-34-27)14-41-29-31-10-9-19(33-29)13-39-4/h7-10,18,20-22H,5-6,11-15H2,1-4H3/t18-,20-,21-,22+/m0/s1. The summed E-state index contributed by atoms with van der Waals surface area (Å²) in [6.45, 7) is 3.89. The Bertz CT molecular complexity index is 1700. The summed E-state index contributed by atoms with van der Waals surface area (Å²) >= 11 is 0. The SMILES string of the molecule is COCc1ccnc(OCc2c(-c3ccc(O[C@H]4C[C@@H]5CC[C@H](C(=O)OCc6oc(=O)oc6C)[C@@H]5C4)c(C)n3)nnn2C)n1. The lowest BCUT2D eigenvalue weighted by molar-refractivity contribution is -0.152. The van der Waals surface area contributed by atoms with E-state index in [-0.39, 0.29) is 48.9 Å². The molecule has 2 aliphatic rings. The first-order chi connectivity index (χ1) is 21.3. The first kappa shape index (κ1) is 29.5. The average Bonchev–Trinajstić information content (AvgIpc) is 3.75. The molecule has 0 N–H and O–H groups in total. The lowest BCUT2D eigenvalue weighted by Gasteiger charge is -2.19. The fourth-order valence-electron chi connectivity index (χ4n) is 6.20. The highest BCUT2D eigenvalue weighted by Gasteiger charge is 2.47.